The first-order chi connectivity index (χ1) is 2.81. The van der Waals surface area contributed by atoms with Crippen LogP contribution in [0.3, 0.4) is 0 Å². The quantitative estimate of drug-likeness (QED) is 0.427. The van der Waals surface area contributed by atoms with E-state index in [-0.39, 0.29) is 6.42 Å². The predicted molar refractivity (Wildman–Crippen MR) is 20.6 cm³/mol. The van der Waals surface area contributed by atoms with Crippen LogP contribution in [0.4, 0.5) is 0 Å². The van der Waals surface area contributed by atoms with Crippen molar-refractivity contribution in [3.63, 3.8) is 0 Å². The molecule has 0 aliphatic rings. The van der Waals surface area contributed by atoms with E-state index in [0.717, 1.165) is 0 Å². The van der Waals surface area contributed by atoms with Gasteiger partial charge in [0.05, 0.1) is 0 Å². The number of hydrogen-bond donors (Lipinski definition) is 0. The van der Waals surface area contributed by atoms with E-state index in [1.807, 2.05) is 0 Å². The van der Waals surface area contributed by atoms with E-state index >= 15 is 0 Å². The lowest BCUT2D eigenvalue weighted by molar-refractivity contribution is -0.113. The zero-order valence-electron chi connectivity index (χ0n) is 3.27. The molecule has 0 saturated heterocycles. The summed E-state index contributed by atoms with van der Waals surface area (Å²) >= 11 is 0. The molecular weight excluding hydrogens is 78.1 g/mol. The second-order valence-corrected chi connectivity index (χ2v) is 0.785. The average molecular weight is 82.1 g/mol. The molecule has 0 heterocycles. The molecule has 1 radical (unpaired) electrons. The maximum Gasteiger partial charge on any atom is 0.231 e. The second kappa shape index (κ2) is 2.40. The van der Waals surface area contributed by atoms with Crippen molar-refractivity contribution in [3.8, 4) is 6.07 Å². The molecule has 2 heteroatoms. The third-order valence-electron chi connectivity index (χ3n) is 0.352. The maximum absolute atomic E-state index is 9.76. The molecule has 0 aromatic heterocycles. The summed E-state index contributed by atoms with van der Waals surface area (Å²) < 4.78 is 0. The van der Waals surface area contributed by atoms with Crippen LogP contribution in [0.15, 0.2) is 0 Å². The number of nitrogens with zero attached hydrogens (tertiary/aromatic N) is 1. The fraction of sp³-hybridized carbons (Fsp3) is 0.250. The Morgan fingerprint density at radius 1 is 2.00 bits per heavy atom. The third-order valence-corrected chi connectivity index (χ3v) is 0.352. The van der Waals surface area contributed by atoms with Crippen LogP contribution in [0.2, 0.25) is 0 Å². The molecule has 0 saturated carbocycles. The van der Waals surface area contributed by atoms with Crippen molar-refractivity contribution in [1.82, 2.24) is 0 Å². The minimum absolute atomic E-state index is 0.0799. The van der Waals surface area contributed by atoms with Crippen molar-refractivity contribution in [1.29, 1.82) is 5.26 Å². The van der Waals surface area contributed by atoms with Gasteiger partial charge in [-0.3, -0.25) is 4.79 Å². The van der Waals surface area contributed by atoms with E-state index in [2.05, 4.69) is 6.92 Å². The van der Waals surface area contributed by atoms with E-state index in [1.54, 1.807) is 0 Å². The van der Waals surface area contributed by atoms with E-state index in [1.165, 1.54) is 6.07 Å². The highest BCUT2D eigenvalue weighted by molar-refractivity contribution is 5.93. The first-order valence-corrected chi connectivity index (χ1v) is 1.53. The molecule has 0 N–H and O–H groups in total. The van der Waals surface area contributed by atoms with Gasteiger partial charge in [-0.15, -0.1) is 0 Å². The van der Waals surface area contributed by atoms with Crippen LogP contribution in [-0.2, 0) is 4.79 Å². The van der Waals surface area contributed by atoms with Crippen LogP contribution in [-0.4, -0.2) is 5.78 Å². The van der Waals surface area contributed by atoms with Crippen LogP contribution in [0.1, 0.15) is 6.42 Å². The Kier molecular flexibility index (Phi) is 2.06. The molecule has 0 atom stereocenters. The first kappa shape index (κ1) is 5.16. The molecule has 0 spiro atoms. The van der Waals surface area contributed by atoms with Gasteiger partial charge in [-0.25, -0.2) is 0 Å². The van der Waals surface area contributed by atoms with Gasteiger partial charge in [0.1, 0.15) is 6.07 Å². The van der Waals surface area contributed by atoms with E-state index < -0.39 is 5.78 Å². The molecule has 0 aliphatic carbocycles. The molecule has 0 aromatic rings. The van der Waals surface area contributed by atoms with Gasteiger partial charge in [0, 0.05) is 6.42 Å². The zero-order valence-corrected chi connectivity index (χ0v) is 3.27. The van der Waals surface area contributed by atoms with E-state index in [0.29, 0.717) is 0 Å². The monoisotopic (exact) mass is 82.0 g/mol. The van der Waals surface area contributed by atoms with Gasteiger partial charge in [0.25, 0.3) is 0 Å². The standard InChI is InChI=1S/C4H4NO/c1-2-4(6)3-5/h1-2H2. The number of hydrogen-bond acceptors (Lipinski definition) is 2. The lowest BCUT2D eigenvalue weighted by atomic mass is 10.3. The molecule has 0 amide bonds. The fourth-order valence-electron chi connectivity index (χ4n) is 0.0559. The van der Waals surface area contributed by atoms with Crippen molar-refractivity contribution in [2.45, 2.75) is 6.42 Å². The van der Waals surface area contributed by atoms with Gasteiger partial charge in [0.2, 0.25) is 5.78 Å². The van der Waals surface area contributed by atoms with Crippen LogP contribution >= 0.6 is 0 Å². The summed E-state index contributed by atoms with van der Waals surface area (Å²) in [5.74, 6) is -0.463. The van der Waals surface area contributed by atoms with Gasteiger partial charge >= 0.3 is 0 Å². The molecular formula is C4H4NO. The molecule has 0 fully saturated rings. The Morgan fingerprint density at radius 2 is 2.50 bits per heavy atom. The average Bonchev–Trinajstić information content (AvgIpc) is 1.65. The Balaban J connectivity index is 3.33. The molecule has 0 unspecified atom stereocenters. The SMILES string of the molecule is [CH2]CC(=O)C#N. The number of carbonyl (C=O) groups excluding carboxylic acids is 1. The largest absolute Gasteiger partial charge is 0.283 e. The Bertz CT molecular complexity index is 90.2. The summed E-state index contributed by atoms with van der Waals surface area (Å²) in [5, 5.41) is 7.70. The fourth-order valence-corrected chi connectivity index (χ4v) is 0.0559. The molecule has 0 bridgehead atoms. The lowest BCUT2D eigenvalue weighted by Gasteiger charge is -1.68. The maximum atomic E-state index is 9.76. The predicted octanol–water partition coefficient (Wildman–Crippen LogP) is 0.303. The van der Waals surface area contributed by atoms with Crippen molar-refractivity contribution in [3.05, 3.63) is 6.92 Å². The summed E-state index contributed by atoms with van der Waals surface area (Å²) in [7, 11) is 0. The number of carbonyl (C=O) groups is 1. The van der Waals surface area contributed by atoms with Gasteiger partial charge in [-0.1, -0.05) is 0 Å². The normalized spacial score (nSPS) is 6.67. The van der Waals surface area contributed by atoms with Crippen LogP contribution in [0.5, 0.6) is 0 Å². The summed E-state index contributed by atoms with van der Waals surface area (Å²) in [6, 6.07) is 1.41. The highest BCUT2D eigenvalue weighted by atomic mass is 16.1. The van der Waals surface area contributed by atoms with Crippen LogP contribution < -0.4 is 0 Å². The molecule has 6 heavy (non-hydrogen) atoms. The number of nitriles is 1. The van der Waals surface area contributed by atoms with Gasteiger partial charge in [-0.2, -0.15) is 5.26 Å². The Labute approximate surface area is 36.4 Å². The second-order valence-electron chi connectivity index (χ2n) is 0.785. The van der Waals surface area contributed by atoms with Gasteiger partial charge in [0.15, 0.2) is 0 Å². The van der Waals surface area contributed by atoms with Gasteiger partial charge in [-0.05, 0) is 6.92 Å². The molecule has 0 aliphatic heterocycles. The van der Waals surface area contributed by atoms with Crippen molar-refractivity contribution in [2.75, 3.05) is 0 Å². The summed E-state index contributed by atoms with van der Waals surface area (Å²) in [4.78, 5) is 9.76. The van der Waals surface area contributed by atoms with E-state index in [9.17, 15) is 4.79 Å². The molecule has 0 rings (SSSR count). The van der Waals surface area contributed by atoms with Crippen molar-refractivity contribution >= 4 is 5.78 Å². The van der Waals surface area contributed by atoms with Crippen molar-refractivity contribution < 1.29 is 4.79 Å². The van der Waals surface area contributed by atoms with Crippen LogP contribution in [0, 0.1) is 18.3 Å². The lowest BCUT2D eigenvalue weighted by Crippen LogP contribution is -1.85. The van der Waals surface area contributed by atoms with Crippen molar-refractivity contribution in [2.24, 2.45) is 0 Å². The topological polar surface area (TPSA) is 40.9 Å². The highest BCUT2D eigenvalue weighted by Gasteiger charge is 1.87. The summed E-state index contributed by atoms with van der Waals surface area (Å²) in [6.45, 7) is 3.18. The number of Topliss-reactive ketones (excluding diaryl/α,β-unsaturated/α-hetero) is 1. The zero-order chi connectivity index (χ0) is 4.99. The van der Waals surface area contributed by atoms with Crippen LogP contribution in [0.25, 0.3) is 0 Å². The summed E-state index contributed by atoms with van der Waals surface area (Å²) in [5.41, 5.74) is 0. The minimum Gasteiger partial charge on any atom is -0.283 e. The highest BCUT2D eigenvalue weighted by Crippen LogP contribution is 1.71. The summed E-state index contributed by atoms with van der Waals surface area (Å²) in [6.07, 6.45) is 0.0799. The Morgan fingerprint density at radius 3 is 2.50 bits per heavy atom. The first-order valence-electron chi connectivity index (χ1n) is 1.53. The molecule has 0 aromatic carbocycles. The number of ketones is 1. The van der Waals surface area contributed by atoms with Gasteiger partial charge < -0.3 is 0 Å². The third kappa shape index (κ3) is 1.48. The van der Waals surface area contributed by atoms with E-state index in [4.69, 9.17) is 5.26 Å². The molecule has 2 nitrogen and oxygen atoms in total. The molecule has 31 valence electrons. The number of rotatable bonds is 1. The minimum atomic E-state index is -0.463. The Hall–Kier alpha value is -0.840. The smallest absolute Gasteiger partial charge is 0.231 e.